The number of carbonyl (C=O) groups is 1. The molecule has 0 aliphatic carbocycles. The molecule has 0 aromatic heterocycles. The number of halogens is 3. The number of hydrogen-bond donors (Lipinski definition) is 1. The van der Waals surface area contributed by atoms with Crippen LogP contribution in [0.5, 0.6) is 0 Å². The number of benzene rings is 1. The van der Waals surface area contributed by atoms with Gasteiger partial charge in [-0.1, -0.05) is 12.1 Å². The lowest BCUT2D eigenvalue weighted by Gasteiger charge is -2.10. The summed E-state index contributed by atoms with van der Waals surface area (Å²) >= 11 is 0.778. The van der Waals surface area contributed by atoms with Gasteiger partial charge in [0, 0.05) is 4.90 Å². The topological polar surface area (TPSA) is 37.3 Å². The summed E-state index contributed by atoms with van der Waals surface area (Å²) in [6.07, 6.45) is -4.27. The Morgan fingerprint density at radius 2 is 2.12 bits per heavy atom. The van der Waals surface area contributed by atoms with E-state index < -0.39 is 23.0 Å². The van der Waals surface area contributed by atoms with E-state index in [2.05, 4.69) is 0 Å². The molecular weight excluding hydrogens is 241 g/mol. The average Bonchev–Trinajstić information content (AvgIpc) is 2.58. The van der Waals surface area contributed by atoms with Gasteiger partial charge in [0.15, 0.2) is 0 Å². The van der Waals surface area contributed by atoms with Gasteiger partial charge in [0.2, 0.25) is 0 Å². The zero-order valence-electron chi connectivity index (χ0n) is 7.91. The molecule has 16 heavy (non-hydrogen) atoms. The fourth-order valence-corrected chi connectivity index (χ4v) is 2.89. The first-order chi connectivity index (χ1) is 7.39. The van der Waals surface area contributed by atoms with Crippen molar-refractivity contribution in [3.63, 3.8) is 0 Å². The lowest BCUT2D eigenvalue weighted by molar-refractivity contribution is -0.140. The van der Waals surface area contributed by atoms with Crippen molar-refractivity contribution in [3.05, 3.63) is 29.3 Å². The monoisotopic (exact) mass is 248 g/mol. The second-order valence-corrected chi connectivity index (χ2v) is 4.65. The predicted octanol–water partition coefficient (Wildman–Crippen LogP) is 2.81. The Bertz CT molecular complexity index is 442. The maximum atomic E-state index is 12.6. The fraction of sp³-hybridized carbons (Fsp3) is 0.300. The van der Waals surface area contributed by atoms with E-state index in [9.17, 15) is 18.0 Å². The molecule has 1 aromatic carbocycles. The molecule has 0 radical (unpaired) electrons. The third kappa shape index (κ3) is 1.89. The van der Waals surface area contributed by atoms with Gasteiger partial charge in [-0.2, -0.15) is 13.2 Å². The molecule has 2 rings (SSSR count). The Kier molecular flexibility index (Phi) is 2.61. The number of carboxylic acid groups (broad SMARTS) is 1. The minimum absolute atomic E-state index is 0.0578. The summed E-state index contributed by atoms with van der Waals surface area (Å²) in [5, 5.41) is 7.97. The molecular formula is C10H7F3O2S. The molecule has 0 amide bonds. The second-order valence-electron chi connectivity index (χ2n) is 3.44. The Labute approximate surface area is 93.5 Å². The van der Waals surface area contributed by atoms with Crippen LogP contribution in [-0.4, -0.2) is 16.3 Å². The van der Waals surface area contributed by atoms with Gasteiger partial charge in [0.1, 0.15) is 5.25 Å². The van der Waals surface area contributed by atoms with Crippen LogP contribution in [0.4, 0.5) is 13.2 Å². The molecule has 1 aliphatic rings. The van der Waals surface area contributed by atoms with E-state index in [4.69, 9.17) is 5.11 Å². The van der Waals surface area contributed by atoms with Gasteiger partial charge in [0.25, 0.3) is 0 Å². The van der Waals surface area contributed by atoms with Crippen molar-refractivity contribution < 1.29 is 23.1 Å². The highest BCUT2D eigenvalue weighted by molar-refractivity contribution is 8.01. The molecule has 1 aromatic rings. The summed E-state index contributed by atoms with van der Waals surface area (Å²) < 4.78 is 37.8. The third-order valence-electron chi connectivity index (χ3n) is 2.34. The maximum Gasteiger partial charge on any atom is 0.417 e. The maximum absolute atomic E-state index is 12.6. The van der Waals surface area contributed by atoms with E-state index in [0.717, 1.165) is 17.8 Å². The first-order valence-corrected chi connectivity index (χ1v) is 5.36. The van der Waals surface area contributed by atoms with Crippen molar-refractivity contribution >= 4 is 17.7 Å². The molecule has 0 saturated carbocycles. The zero-order valence-corrected chi connectivity index (χ0v) is 8.73. The van der Waals surface area contributed by atoms with E-state index in [1.165, 1.54) is 6.07 Å². The van der Waals surface area contributed by atoms with Crippen LogP contribution in [0.25, 0.3) is 0 Å². The molecule has 2 nitrogen and oxygen atoms in total. The van der Waals surface area contributed by atoms with Crippen LogP contribution in [0.15, 0.2) is 23.1 Å². The Balaban J connectivity index is 2.42. The van der Waals surface area contributed by atoms with Crippen LogP contribution in [0, 0.1) is 0 Å². The van der Waals surface area contributed by atoms with Gasteiger partial charge in [-0.3, -0.25) is 4.79 Å². The van der Waals surface area contributed by atoms with Crippen LogP contribution >= 0.6 is 11.8 Å². The van der Waals surface area contributed by atoms with Crippen molar-refractivity contribution in [2.24, 2.45) is 0 Å². The number of alkyl halides is 3. The highest BCUT2D eigenvalue weighted by Crippen LogP contribution is 2.45. The Hall–Kier alpha value is -1.17. The molecule has 1 N–H and O–H groups in total. The van der Waals surface area contributed by atoms with E-state index in [1.807, 2.05) is 0 Å². The normalized spacial score (nSPS) is 19.6. The summed E-state index contributed by atoms with van der Waals surface area (Å²) in [6, 6.07) is 3.84. The highest BCUT2D eigenvalue weighted by atomic mass is 32.2. The molecule has 0 saturated heterocycles. The SMILES string of the molecule is O=C(O)C1Cc2cccc(C(F)(F)F)c2S1. The van der Waals surface area contributed by atoms with Crippen LogP contribution in [0.1, 0.15) is 11.1 Å². The summed E-state index contributed by atoms with van der Waals surface area (Å²) in [7, 11) is 0. The standard InChI is InChI=1S/C10H7F3O2S/c11-10(12,13)6-3-1-2-5-4-7(9(14)15)16-8(5)6/h1-3,7H,4H2,(H,14,15). The number of fused-ring (bicyclic) bond motifs is 1. The molecule has 6 heteroatoms. The van der Waals surface area contributed by atoms with E-state index in [-0.39, 0.29) is 11.3 Å². The lowest BCUT2D eigenvalue weighted by Crippen LogP contribution is -2.14. The van der Waals surface area contributed by atoms with Crippen molar-refractivity contribution in [1.82, 2.24) is 0 Å². The van der Waals surface area contributed by atoms with E-state index >= 15 is 0 Å². The van der Waals surface area contributed by atoms with Crippen molar-refractivity contribution in [3.8, 4) is 0 Å². The number of hydrogen-bond acceptors (Lipinski definition) is 2. The first-order valence-electron chi connectivity index (χ1n) is 4.48. The van der Waals surface area contributed by atoms with Gasteiger partial charge in [0.05, 0.1) is 5.56 Å². The van der Waals surface area contributed by atoms with Crippen LogP contribution in [0.3, 0.4) is 0 Å². The van der Waals surface area contributed by atoms with E-state index in [0.29, 0.717) is 5.56 Å². The minimum atomic E-state index is -4.42. The summed E-state index contributed by atoms with van der Waals surface area (Å²) in [6.45, 7) is 0. The quantitative estimate of drug-likeness (QED) is 0.830. The Morgan fingerprint density at radius 1 is 1.44 bits per heavy atom. The number of thioether (sulfide) groups is 1. The van der Waals surface area contributed by atoms with Gasteiger partial charge < -0.3 is 5.11 Å². The second kappa shape index (κ2) is 3.69. The summed E-state index contributed by atoms with van der Waals surface area (Å²) in [5.74, 6) is -1.07. The van der Waals surface area contributed by atoms with Crippen LogP contribution < -0.4 is 0 Å². The summed E-state index contributed by atoms with van der Waals surface area (Å²) in [4.78, 5) is 10.8. The molecule has 0 fully saturated rings. The van der Waals surface area contributed by atoms with Gasteiger partial charge in [-0.05, 0) is 18.1 Å². The zero-order chi connectivity index (χ0) is 11.9. The molecule has 1 aliphatic heterocycles. The fourth-order valence-electron chi connectivity index (χ4n) is 1.63. The van der Waals surface area contributed by atoms with Crippen molar-refractivity contribution in [2.75, 3.05) is 0 Å². The van der Waals surface area contributed by atoms with Crippen LogP contribution in [0.2, 0.25) is 0 Å². The first kappa shape index (κ1) is 11.3. The van der Waals surface area contributed by atoms with Gasteiger partial charge >= 0.3 is 12.1 Å². The van der Waals surface area contributed by atoms with Crippen molar-refractivity contribution in [2.45, 2.75) is 22.7 Å². The molecule has 1 heterocycles. The number of carboxylic acids is 1. The predicted molar refractivity (Wildman–Crippen MR) is 52.4 cm³/mol. The molecule has 1 atom stereocenters. The lowest BCUT2D eigenvalue weighted by atomic mass is 10.1. The highest BCUT2D eigenvalue weighted by Gasteiger charge is 2.39. The Morgan fingerprint density at radius 3 is 2.69 bits per heavy atom. The minimum Gasteiger partial charge on any atom is -0.480 e. The molecule has 1 unspecified atom stereocenters. The smallest absolute Gasteiger partial charge is 0.417 e. The summed E-state index contributed by atoms with van der Waals surface area (Å²) in [5.41, 5.74) is -0.272. The van der Waals surface area contributed by atoms with E-state index in [1.54, 1.807) is 6.07 Å². The largest absolute Gasteiger partial charge is 0.480 e. The molecule has 0 bridgehead atoms. The number of aliphatic carboxylic acids is 1. The van der Waals surface area contributed by atoms with Gasteiger partial charge in [-0.25, -0.2) is 0 Å². The van der Waals surface area contributed by atoms with Crippen LogP contribution in [-0.2, 0) is 17.4 Å². The third-order valence-corrected chi connectivity index (χ3v) is 3.71. The molecule has 0 spiro atoms. The number of rotatable bonds is 1. The molecule has 86 valence electrons. The van der Waals surface area contributed by atoms with Crippen molar-refractivity contribution in [1.29, 1.82) is 0 Å². The van der Waals surface area contributed by atoms with Gasteiger partial charge in [-0.15, -0.1) is 11.8 Å². The average molecular weight is 248 g/mol.